The third kappa shape index (κ3) is 4.68. The Bertz CT molecular complexity index is 404. The molecule has 0 aromatic rings. The van der Waals surface area contributed by atoms with E-state index in [1.807, 2.05) is 25.7 Å². The minimum absolute atomic E-state index is 0.00296. The topological polar surface area (TPSA) is 58.6 Å². The lowest BCUT2D eigenvalue weighted by Crippen LogP contribution is -2.55. The number of carbonyl (C=O) groups is 2. The lowest BCUT2D eigenvalue weighted by molar-refractivity contribution is -0.110. The highest BCUT2D eigenvalue weighted by molar-refractivity contribution is 9.18. The van der Waals surface area contributed by atoms with Gasteiger partial charge in [-0.1, -0.05) is 0 Å². The highest BCUT2D eigenvalue weighted by atomic mass is 79.9. The van der Waals surface area contributed by atoms with Gasteiger partial charge in [0.2, 0.25) is 4.69 Å². The fourth-order valence-electron chi connectivity index (χ4n) is 3.25. The Hall–Kier alpha value is -0.620. The molecule has 21 heavy (non-hydrogen) atoms. The number of hydrogen-bond donors (Lipinski definition) is 1. The van der Waals surface area contributed by atoms with Gasteiger partial charge in [-0.15, -0.1) is 0 Å². The van der Waals surface area contributed by atoms with E-state index in [4.69, 9.17) is 4.74 Å². The molecule has 6 heteroatoms. The number of rotatable bonds is 3. The average Bonchev–Trinajstić information content (AvgIpc) is 2.32. The van der Waals surface area contributed by atoms with Gasteiger partial charge >= 0.3 is 6.09 Å². The Balaban J connectivity index is 1.72. The predicted molar refractivity (Wildman–Crippen MR) is 84.4 cm³/mol. The number of nitrogens with one attached hydrogen (secondary N) is 1. The summed E-state index contributed by atoms with van der Waals surface area (Å²) in [4.78, 5) is 24.7. The summed E-state index contributed by atoms with van der Waals surface area (Å²) in [5, 5.41) is 3.25. The molecule has 0 aromatic carbocycles. The van der Waals surface area contributed by atoms with Gasteiger partial charge < -0.3 is 15.0 Å². The maximum absolute atomic E-state index is 12.0. The third-order valence-electron chi connectivity index (χ3n) is 4.36. The molecule has 0 radical (unpaired) electrons. The molecule has 120 valence electrons. The van der Waals surface area contributed by atoms with Crippen molar-refractivity contribution in [3.05, 3.63) is 0 Å². The van der Waals surface area contributed by atoms with Crippen molar-refractivity contribution in [2.75, 3.05) is 19.6 Å². The van der Waals surface area contributed by atoms with E-state index < -0.39 is 5.60 Å². The van der Waals surface area contributed by atoms with Crippen molar-refractivity contribution >= 4 is 26.7 Å². The molecular formula is C15H25BrN2O3. The first kappa shape index (κ1) is 16.7. The molecule has 0 bridgehead atoms. The van der Waals surface area contributed by atoms with E-state index in [-0.39, 0.29) is 10.8 Å². The van der Waals surface area contributed by atoms with Crippen LogP contribution in [0.2, 0.25) is 0 Å². The SMILES string of the molecule is CC(C)(C)OC(=O)N1CCC2(CC1)CC(NCC(=O)Br)C2. The van der Waals surface area contributed by atoms with Gasteiger partial charge in [0.25, 0.3) is 0 Å². The van der Waals surface area contributed by atoms with Crippen LogP contribution in [0, 0.1) is 5.41 Å². The number of amides is 1. The molecule has 1 saturated heterocycles. The molecular weight excluding hydrogens is 336 g/mol. The molecule has 2 fully saturated rings. The molecule has 1 amide bonds. The highest BCUT2D eigenvalue weighted by Gasteiger charge is 2.46. The van der Waals surface area contributed by atoms with Gasteiger partial charge in [-0.2, -0.15) is 0 Å². The summed E-state index contributed by atoms with van der Waals surface area (Å²) >= 11 is 2.93. The number of piperidine rings is 1. The molecule has 2 rings (SSSR count). The van der Waals surface area contributed by atoms with Crippen LogP contribution in [0.15, 0.2) is 0 Å². The van der Waals surface area contributed by atoms with Crippen LogP contribution in [0.5, 0.6) is 0 Å². The zero-order valence-corrected chi connectivity index (χ0v) is 14.7. The number of nitrogens with zero attached hydrogens (tertiary/aromatic N) is 1. The molecule has 0 unspecified atom stereocenters. The second-order valence-corrected chi connectivity index (χ2v) is 8.19. The lowest BCUT2D eigenvalue weighted by atomic mass is 9.60. The molecule has 1 N–H and O–H groups in total. The molecule has 2 aliphatic rings. The fraction of sp³-hybridized carbons (Fsp3) is 0.867. The van der Waals surface area contributed by atoms with Crippen molar-refractivity contribution in [2.45, 2.75) is 58.1 Å². The first-order chi connectivity index (χ1) is 9.69. The van der Waals surface area contributed by atoms with Crippen molar-refractivity contribution in [1.82, 2.24) is 10.2 Å². The summed E-state index contributed by atoms with van der Waals surface area (Å²) in [6, 6.07) is 0.444. The smallest absolute Gasteiger partial charge is 0.410 e. The van der Waals surface area contributed by atoms with Gasteiger partial charge in [-0.05, 0) is 67.8 Å². The van der Waals surface area contributed by atoms with Gasteiger partial charge in [-0.3, -0.25) is 4.79 Å². The van der Waals surface area contributed by atoms with Crippen LogP contribution in [0.3, 0.4) is 0 Å². The number of likely N-dealkylation sites (tertiary alicyclic amines) is 1. The Morgan fingerprint density at radius 2 is 1.86 bits per heavy atom. The van der Waals surface area contributed by atoms with Crippen LogP contribution < -0.4 is 5.32 Å². The molecule has 1 heterocycles. The van der Waals surface area contributed by atoms with E-state index in [1.54, 1.807) is 0 Å². The first-order valence-electron chi connectivity index (χ1n) is 7.59. The Kier molecular flexibility index (Phi) is 4.98. The molecule has 1 aliphatic heterocycles. The van der Waals surface area contributed by atoms with Crippen LogP contribution in [0.1, 0.15) is 46.5 Å². The first-order valence-corrected chi connectivity index (χ1v) is 8.38. The Morgan fingerprint density at radius 3 is 2.33 bits per heavy atom. The monoisotopic (exact) mass is 360 g/mol. The summed E-state index contributed by atoms with van der Waals surface area (Å²) in [5.74, 6) is 0. The highest BCUT2D eigenvalue weighted by Crippen LogP contribution is 2.49. The van der Waals surface area contributed by atoms with E-state index in [1.165, 1.54) is 0 Å². The molecule has 0 atom stereocenters. The van der Waals surface area contributed by atoms with Crippen LogP contribution in [0.25, 0.3) is 0 Å². The largest absolute Gasteiger partial charge is 0.444 e. The van der Waals surface area contributed by atoms with Gasteiger partial charge in [-0.25, -0.2) is 4.79 Å². The van der Waals surface area contributed by atoms with Crippen LogP contribution in [0.4, 0.5) is 4.79 Å². The normalized spacial score (nSPS) is 22.0. The van der Waals surface area contributed by atoms with Gasteiger partial charge in [0.15, 0.2) is 0 Å². The van der Waals surface area contributed by atoms with Gasteiger partial charge in [0, 0.05) is 19.1 Å². The molecule has 5 nitrogen and oxygen atoms in total. The van der Waals surface area contributed by atoms with Crippen LogP contribution in [-0.2, 0) is 9.53 Å². The van der Waals surface area contributed by atoms with Gasteiger partial charge in [0.05, 0.1) is 6.54 Å². The van der Waals surface area contributed by atoms with Crippen molar-refractivity contribution in [3.63, 3.8) is 0 Å². The lowest BCUT2D eigenvalue weighted by Gasteiger charge is -2.52. The second-order valence-electron chi connectivity index (χ2n) is 7.31. The minimum atomic E-state index is -0.431. The van der Waals surface area contributed by atoms with Crippen molar-refractivity contribution in [1.29, 1.82) is 0 Å². The summed E-state index contributed by atoms with van der Waals surface area (Å²) < 4.78 is 5.42. The number of hydrogen-bond acceptors (Lipinski definition) is 4. The van der Waals surface area contributed by atoms with Gasteiger partial charge in [0.1, 0.15) is 5.60 Å². The van der Waals surface area contributed by atoms with Crippen LogP contribution >= 0.6 is 15.9 Å². The van der Waals surface area contributed by atoms with Crippen molar-refractivity contribution < 1.29 is 14.3 Å². The number of halogens is 1. The number of carbonyl (C=O) groups excluding carboxylic acids is 2. The van der Waals surface area contributed by atoms with E-state index >= 15 is 0 Å². The molecule has 1 saturated carbocycles. The number of ether oxygens (including phenoxy) is 1. The minimum Gasteiger partial charge on any atom is -0.444 e. The third-order valence-corrected chi connectivity index (χ3v) is 4.64. The maximum Gasteiger partial charge on any atom is 0.410 e. The maximum atomic E-state index is 12.0. The zero-order valence-electron chi connectivity index (χ0n) is 13.1. The van der Waals surface area contributed by atoms with E-state index in [9.17, 15) is 9.59 Å². The molecule has 1 spiro atoms. The summed E-state index contributed by atoms with van der Waals surface area (Å²) in [7, 11) is 0. The zero-order chi connectivity index (χ0) is 15.7. The quantitative estimate of drug-likeness (QED) is 0.786. The molecule has 1 aliphatic carbocycles. The molecule has 0 aromatic heterocycles. The summed E-state index contributed by atoms with van der Waals surface area (Å²) in [5.41, 5.74) is -0.0640. The Labute approximate surface area is 134 Å². The fourth-order valence-corrected chi connectivity index (χ4v) is 3.41. The van der Waals surface area contributed by atoms with Crippen molar-refractivity contribution in [2.24, 2.45) is 5.41 Å². The van der Waals surface area contributed by atoms with Crippen LogP contribution in [-0.4, -0.2) is 47.0 Å². The predicted octanol–water partition coefficient (Wildman–Crippen LogP) is 2.68. The second kappa shape index (κ2) is 6.24. The summed E-state index contributed by atoms with van der Waals surface area (Å²) in [6.07, 6.45) is 4.08. The summed E-state index contributed by atoms with van der Waals surface area (Å²) in [6.45, 7) is 7.62. The standard InChI is InChI=1S/C15H25BrN2O3/c1-14(2,3)21-13(20)18-6-4-15(5-7-18)8-11(9-15)17-10-12(16)19/h11,17H,4-10H2,1-3H3. The van der Waals surface area contributed by atoms with E-state index in [0.29, 0.717) is 18.0 Å². The Morgan fingerprint density at radius 1 is 1.29 bits per heavy atom. The van der Waals surface area contributed by atoms with E-state index in [2.05, 4.69) is 21.2 Å². The van der Waals surface area contributed by atoms with E-state index in [0.717, 1.165) is 38.8 Å². The van der Waals surface area contributed by atoms with Crippen molar-refractivity contribution in [3.8, 4) is 0 Å². The average molecular weight is 361 g/mol.